The van der Waals surface area contributed by atoms with Crippen LogP contribution in [-0.2, 0) is 6.54 Å². The minimum absolute atomic E-state index is 0.162. The van der Waals surface area contributed by atoms with Crippen LogP contribution in [0.3, 0.4) is 0 Å². The fraction of sp³-hybridized carbons (Fsp3) is 0.471. The van der Waals surface area contributed by atoms with Crippen molar-refractivity contribution in [2.45, 2.75) is 44.7 Å². The van der Waals surface area contributed by atoms with Gasteiger partial charge < -0.3 is 10.6 Å². The lowest BCUT2D eigenvalue weighted by atomic mass is 9.96. The van der Waals surface area contributed by atoms with Gasteiger partial charge in [-0.1, -0.05) is 25.3 Å². The van der Waals surface area contributed by atoms with Gasteiger partial charge in [-0.15, -0.1) is 11.3 Å². The average molecular weight is 346 g/mol. The minimum Gasteiger partial charge on any atom is -0.336 e. The van der Waals surface area contributed by atoms with Crippen molar-refractivity contribution in [3.8, 4) is 10.6 Å². The highest BCUT2D eigenvalue weighted by molar-refractivity contribution is 7.13. The SMILES string of the molecule is O=C(NCCn1nc(-c2cccs2)ccc1=O)NC1CCCCC1. The van der Waals surface area contributed by atoms with Gasteiger partial charge in [-0.2, -0.15) is 5.10 Å². The zero-order valence-electron chi connectivity index (χ0n) is 13.5. The van der Waals surface area contributed by atoms with E-state index < -0.39 is 0 Å². The van der Waals surface area contributed by atoms with Crippen molar-refractivity contribution in [3.63, 3.8) is 0 Å². The summed E-state index contributed by atoms with van der Waals surface area (Å²) in [6.07, 6.45) is 5.73. The van der Waals surface area contributed by atoms with Crippen molar-refractivity contribution in [3.05, 3.63) is 40.0 Å². The van der Waals surface area contributed by atoms with Crippen LogP contribution in [0, 0.1) is 0 Å². The van der Waals surface area contributed by atoms with Gasteiger partial charge in [0.15, 0.2) is 0 Å². The van der Waals surface area contributed by atoms with Crippen LogP contribution >= 0.6 is 11.3 Å². The number of carbonyl (C=O) groups is 1. The topological polar surface area (TPSA) is 76.0 Å². The molecule has 128 valence electrons. The molecule has 1 saturated carbocycles. The van der Waals surface area contributed by atoms with Crippen LogP contribution in [0.15, 0.2) is 34.4 Å². The average Bonchev–Trinajstić information content (AvgIpc) is 3.12. The first-order valence-electron chi connectivity index (χ1n) is 8.39. The van der Waals surface area contributed by atoms with E-state index in [4.69, 9.17) is 0 Å². The largest absolute Gasteiger partial charge is 0.336 e. The molecule has 7 heteroatoms. The van der Waals surface area contributed by atoms with Crippen LogP contribution in [0.5, 0.6) is 0 Å². The third-order valence-electron chi connectivity index (χ3n) is 4.19. The van der Waals surface area contributed by atoms with E-state index in [2.05, 4.69) is 15.7 Å². The maximum Gasteiger partial charge on any atom is 0.315 e. The number of thiophene rings is 1. The van der Waals surface area contributed by atoms with Gasteiger partial charge in [0.2, 0.25) is 0 Å². The molecule has 6 nitrogen and oxygen atoms in total. The molecule has 2 aromatic heterocycles. The molecule has 0 bridgehead atoms. The van der Waals surface area contributed by atoms with Crippen molar-refractivity contribution in [2.75, 3.05) is 6.54 Å². The second-order valence-electron chi connectivity index (χ2n) is 5.99. The van der Waals surface area contributed by atoms with Crippen molar-refractivity contribution in [1.29, 1.82) is 0 Å². The number of nitrogens with zero attached hydrogens (tertiary/aromatic N) is 2. The molecular formula is C17H22N4O2S. The molecule has 0 aliphatic heterocycles. The lowest BCUT2D eigenvalue weighted by Crippen LogP contribution is -2.44. The first-order chi connectivity index (χ1) is 11.7. The van der Waals surface area contributed by atoms with Gasteiger partial charge in [0.05, 0.1) is 11.4 Å². The maximum absolute atomic E-state index is 11.9. The van der Waals surface area contributed by atoms with Crippen LogP contribution in [0.2, 0.25) is 0 Å². The molecule has 0 saturated heterocycles. The summed E-state index contributed by atoms with van der Waals surface area (Å²) in [5.74, 6) is 0. The normalized spacial score (nSPS) is 15.2. The van der Waals surface area contributed by atoms with E-state index in [1.807, 2.05) is 17.5 Å². The Morgan fingerprint density at radius 3 is 2.83 bits per heavy atom. The van der Waals surface area contributed by atoms with E-state index in [9.17, 15) is 9.59 Å². The van der Waals surface area contributed by atoms with Gasteiger partial charge >= 0.3 is 6.03 Å². The number of nitrogens with one attached hydrogen (secondary N) is 2. The van der Waals surface area contributed by atoms with Gasteiger partial charge in [0.25, 0.3) is 5.56 Å². The zero-order valence-corrected chi connectivity index (χ0v) is 14.3. The zero-order chi connectivity index (χ0) is 16.8. The quantitative estimate of drug-likeness (QED) is 0.874. The molecule has 1 aliphatic rings. The second-order valence-corrected chi connectivity index (χ2v) is 6.94. The molecule has 2 amide bonds. The van der Waals surface area contributed by atoms with Crippen LogP contribution in [0.4, 0.5) is 4.79 Å². The molecule has 24 heavy (non-hydrogen) atoms. The molecule has 0 radical (unpaired) electrons. The smallest absolute Gasteiger partial charge is 0.315 e. The van der Waals surface area contributed by atoms with Gasteiger partial charge in [-0.3, -0.25) is 4.79 Å². The molecule has 1 aliphatic carbocycles. The van der Waals surface area contributed by atoms with Crippen molar-refractivity contribution < 1.29 is 4.79 Å². The standard InChI is InChI=1S/C17H22N4O2S/c22-16-9-8-14(15-7-4-12-24-15)20-21(16)11-10-18-17(23)19-13-5-2-1-3-6-13/h4,7-9,12-13H,1-3,5-6,10-11H2,(H2,18,19,23). The van der Waals surface area contributed by atoms with Crippen LogP contribution in [0.25, 0.3) is 10.6 Å². The molecule has 2 heterocycles. The fourth-order valence-corrected chi connectivity index (χ4v) is 3.61. The summed E-state index contributed by atoms with van der Waals surface area (Å²) < 4.78 is 1.40. The maximum atomic E-state index is 11.9. The first-order valence-corrected chi connectivity index (χ1v) is 9.27. The summed E-state index contributed by atoms with van der Waals surface area (Å²) >= 11 is 1.58. The Bertz CT molecular complexity index is 720. The first kappa shape index (κ1) is 16.7. The molecule has 0 spiro atoms. The number of hydrogen-bond donors (Lipinski definition) is 2. The molecule has 1 fully saturated rings. The fourth-order valence-electron chi connectivity index (χ4n) is 2.92. The predicted octanol–water partition coefficient (Wildman–Crippen LogP) is 2.60. The Hall–Kier alpha value is -2.15. The Kier molecular flexibility index (Phi) is 5.63. The summed E-state index contributed by atoms with van der Waals surface area (Å²) in [5, 5.41) is 12.2. The van der Waals surface area contributed by atoms with E-state index in [1.54, 1.807) is 17.4 Å². The highest BCUT2D eigenvalue weighted by atomic mass is 32.1. The monoisotopic (exact) mass is 346 g/mol. The van der Waals surface area contributed by atoms with Crippen molar-refractivity contribution >= 4 is 17.4 Å². The minimum atomic E-state index is -0.163. The number of rotatable bonds is 5. The van der Waals surface area contributed by atoms with E-state index >= 15 is 0 Å². The Morgan fingerprint density at radius 2 is 2.08 bits per heavy atom. The highest BCUT2D eigenvalue weighted by Gasteiger charge is 2.15. The number of amides is 2. The summed E-state index contributed by atoms with van der Waals surface area (Å²) in [6.45, 7) is 0.732. The molecule has 0 atom stereocenters. The molecule has 0 aromatic carbocycles. The Balaban J connectivity index is 1.51. The summed E-state index contributed by atoms with van der Waals surface area (Å²) in [4.78, 5) is 24.8. The molecule has 0 unspecified atom stereocenters. The van der Waals surface area contributed by atoms with E-state index in [1.165, 1.54) is 30.0 Å². The summed E-state index contributed by atoms with van der Waals surface area (Å²) in [5.41, 5.74) is 0.612. The van der Waals surface area contributed by atoms with Crippen LogP contribution in [-0.4, -0.2) is 28.4 Å². The van der Waals surface area contributed by atoms with E-state index in [0.717, 1.165) is 23.4 Å². The van der Waals surface area contributed by atoms with Crippen molar-refractivity contribution in [1.82, 2.24) is 20.4 Å². The lowest BCUT2D eigenvalue weighted by Gasteiger charge is -2.22. The molecular weight excluding hydrogens is 324 g/mol. The highest BCUT2D eigenvalue weighted by Crippen LogP contribution is 2.21. The molecule has 3 rings (SSSR count). The number of carbonyl (C=O) groups excluding carboxylic acids is 1. The summed E-state index contributed by atoms with van der Waals surface area (Å²) in [6, 6.07) is 7.29. The Morgan fingerprint density at radius 1 is 1.25 bits per heavy atom. The lowest BCUT2D eigenvalue weighted by molar-refractivity contribution is 0.232. The summed E-state index contributed by atoms with van der Waals surface area (Å²) in [7, 11) is 0. The van der Waals surface area contributed by atoms with E-state index in [-0.39, 0.29) is 17.6 Å². The van der Waals surface area contributed by atoms with Crippen molar-refractivity contribution in [2.24, 2.45) is 0 Å². The van der Waals surface area contributed by atoms with Crippen LogP contribution in [0.1, 0.15) is 32.1 Å². The molecule has 2 N–H and O–H groups in total. The third kappa shape index (κ3) is 4.44. The number of hydrogen-bond acceptors (Lipinski definition) is 4. The molecule has 2 aromatic rings. The van der Waals surface area contributed by atoms with Gasteiger partial charge in [-0.25, -0.2) is 9.48 Å². The second kappa shape index (κ2) is 8.10. The van der Waals surface area contributed by atoms with Gasteiger partial charge in [0, 0.05) is 18.7 Å². The number of aromatic nitrogens is 2. The third-order valence-corrected chi connectivity index (χ3v) is 5.08. The van der Waals surface area contributed by atoms with E-state index in [0.29, 0.717) is 13.1 Å². The predicted molar refractivity (Wildman–Crippen MR) is 95.2 cm³/mol. The van der Waals surface area contributed by atoms with Crippen LogP contribution < -0.4 is 16.2 Å². The van der Waals surface area contributed by atoms with Gasteiger partial charge in [0.1, 0.15) is 5.69 Å². The van der Waals surface area contributed by atoms with Gasteiger partial charge in [-0.05, 0) is 30.4 Å². The number of urea groups is 1. The Labute approximate surface area is 144 Å².